The van der Waals surface area contributed by atoms with Crippen LogP contribution in [0, 0.1) is 6.92 Å². The molecule has 1 aliphatic heterocycles. The highest BCUT2D eigenvalue weighted by atomic mass is 35.5. The van der Waals surface area contributed by atoms with Gasteiger partial charge in [-0.15, -0.1) is 0 Å². The van der Waals surface area contributed by atoms with Crippen LogP contribution in [-0.2, 0) is 16.1 Å². The fraction of sp³-hybridized carbons (Fsp3) is 0.471. The van der Waals surface area contributed by atoms with Crippen molar-refractivity contribution in [2.24, 2.45) is 0 Å². The summed E-state index contributed by atoms with van der Waals surface area (Å²) in [5.74, 6) is -0.713. The fourth-order valence-electron chi connectivity index (χ4n) is 2.69. The predicted octanol–water partition coefficient (Wildman–Crippen LogP) is 3.07. The number of halogens is 1. The van der Waals surface area contributed by atoms with Crippen LogP contribution < -0.4 is 5.32 Å². The Bertz CT molecular complexity index is 602. The molecule has 0 aliphatic carbocycles. The average Bonchev–Trinajstić information content (AvgIpc) is 2.83. The van der Waals surface area contributed by atoms with Crippen LogP contribution in [0.3, 0.4) is 0 Å². The summed E-state index contributed by atoms with van der Waals surface area (Å²) in [7, 11) is 0. The Morgan fingerprint density at radius 3 is 2.65 bits per heavy atom. The Hall–Kier alpha value is -1.88. The van der Waals surface area contributed by atoms with Crippen molar-refractivity contribution >= 4 is 29.8 Å². The molecule has 3 amide bonds. The molecule has 0 aromatic heterocycles. The third-order valence-corrected chi connectivity index (χ3v) is 3.87. The van der Waals surface area contributed by atoms with Crippen LogP contribution in [0.15, 0.2) is 12.1 Å². The van der Waals surface area contributed by atoms with E-state index in [0.717, 1.165) is 17.5 Å². The van der Waals surface area contributed by atoms with Gasteiger partial charge in [0.1, 0.15) is 6.04 Å². The lowest BCUT2D eigenvalue weighted by Gasteiger charge is -2.25. The summed E-state index contributed by atoms with van der Waals surface area (Å²) < 4.78 is 0. The molecule has 5 nitrogen and oxygen atoms in total. The van der Waals surface area contributed by atoms with Gasteiger partial charge < -0.3 is 4.90 Å². The second kappa shape index (κ2) is 8.67. The number of imide groups is 1. The minimum atomic E-state index is -0.656. The van der Waals surface area contributed by atoms with E-state index >= 15 is 0 Å². The number of benzene rings is 1. The van der Waals surface area contributed by atoms with Crippen LogP contribution in [0.1, 0.15) is 55.1 Å². The van der Waals surface area contributed by atoms with Crippen molar-refractivity contribution in [2.45, 2.75) is 53.1 Å². The number of hydrogen-bond acceptors (Lipinski definition) is 3. The number of aryl methyl sites for hydroxylation is 1. The number of carbonyl (C=O) groups is 3. The Morgan fingerprint density at radius 2 is 2.09 bits per heavy atom. The molecule has 1 N–H and O–H groups in total. The normalized spacial score (nSPS) is 13.8. The number of amides is 3. The number of nitrogens with zero attached hydrogens (tertiary/aromatic N) is 1. The number of hydrogen-bond donors (Lipinski definition) is 1. The summed E-state index contributed by atoms with van der Waals surface area (Å²) >= 11 is 6.15. The van der Waals surface area contributed by atoms with E-state index in [4.69, 9.17) is 11.6 Å². The number of carbonyl (C=O) groups excluding carboxylic acids is 3. The number of nitrogens with one attached hydrogen (secondary N) is 1. The first-order valence-corrected chi connectivity index (χ1v) is 8.21. The van der Waals surface area contributed by atoms with Crippen LogP contribution in [0.4, 0.5) is 0 Å². The first kappa shape index (κ1) is 19.2. The highest BCUT2D eigenvalue weighted by Gasteiger charge is 2.37. The van der Waals surface area contributed by atoms with Gasteiger partial charge in [0.25, 0.3) is 5.91 Å². The van der Waals surface area contributed by atoms with Crippen molar-refractivity contribution in [1.29, 1.82) is 0 Å². The van der Waals surface area contributed by atoms with Crippen molar-refractivity contribution < 1.29 is 14.4 Å². The lowest BCUT2D eigenvalue weighted by atomic mass is 10.1. The molecule has 0 radical (unpaired) electrons. The van der Waals surface area contributed by atoms with Crippen LogP contribution in [0.25, 0.3) is 0 Å². The maximum atomic E-state index is 12.5. The monoisotopic (exact) mass is 338 g/mol. The lowest BCUT2D eigenvalue weighted by Crippen LogP contribution is -2.46. The maximum absolute atomic E-state index is 12.5. The summed E-state index contributed by atoms with van der Waals surface area (Å²) in [5, 5.41) is 2.54. The van der Waals surface area contributed by atoms with E-state index in [-0.39, 0.29) is 5.91 Å². The molecule has 1 aromatic carbocycles. The van der Waals surface area contributed by atoms with Crippen molar-refractivity contribution in [2.75, 3.05) is 0 Å². The van der Waals surface area contributed by atoms with Gasteiger partial charge in [-0.3, -0.25) is 19.7 Å². The highest BCUT2D eigenvalue weighted by molar-refractivity contribution is 6.34. The molecule has 1 aromatic rings. The zero-order chi connectivity index (χ0) is 17.6. The largest absolute Gasteiger partial charge is 0.322 e. The highest BCUT2D eigenvalue weighted by Crippen LogP contribution is 2.32. The summed E-state index contributed by atoms with van der Waals surface area (Å²) in [5.41, 5.74) is 2.25. The third kappa shape index (κ3) is 4.10. The number of fused-ring (bicyclic) bond motifs is 1. The van der Waals surface area contributed by atoms with Gasteiger partial charge >= 0.3 is 0 Å². The Labute approximate surface area is 142 Å². The molecule has 0 saturated heterocycles. The lowest BCUT2D eigenvalue weighted by molar-refractivity contribution is -0.129. The van der Waals surface area contributed by atoms with E-state index in [1.165, 1.54) is 4.90 Å². The van der Waals surface area contributed by atoms with Crippen molar-refractivity contribution in [3.05, 3.63) is 33.8 Å². The van der Waals surface area contributed by atoms with Crippen LogP contribution in [-0.4, -0.2) is 29.2 Å². The summed E-state index contributed by atoms with van der Waals surface area (Å²) in [4.78, 5) is 36.5. The summed E-state index contributed by atoms with van der Waals surface area (Å²) in [6.07, 6.45) is 1.57. The van der Waals surface area contributed by atoms with Gasteiger partial charge in [-0.05, 0) is 30.5 Å². The minimum absolute atomic E-state index is 0.255. The summed E-state index contributed by atoms with van der Waals surface area (Å²) in [6, 6.07) is 2.98. The molecule has 0 spiro atoms. The van der Waals surface area contributed by atoms with Crippen molar-refractivity contribution in [1.82, 2.24) is 10.2 Å². The topological polar surface area (TPSA) is 66.5 Å². The Kier molecular flexibility index (Phi) is 7.23. The van der Waals surface area contributed by atoms with Gasteiger partial charge in [-0.2, -0.15) is 0 Å². The first-order valence-electron chi connectivity index (χ1n) is 7.83. The van der Waals surface area contributed by atoms with Gasteiger partial charge in [0, 0.05) is 6.54 Å². The summed E-state index contributed by atoms with van der Waals surface area (Å²) in [6.45, 7) is 8.17. The molecule has 0 bridgehead atoms. The molecule has 1 unspecified atom stereocenters. The molecular formula is C17H23ClN2O3. The van der Waals surface area contributed by atoms with E-state index < -0.39 is 11.9 Å². The third-order valence-electron chi connectivity index (χ3n) is 3.57. The molecule has 1 heterocycles. The molecule has 1 atom stereocenters. The minimum Gasteiger partial charge on any atom is -0.322 e. The van der Waals surface area contributed by atoms with Crippen LogP contribution >= 0.6 is 11.6 Å². The fourth-order valence-corrected chi connectivity index (χ4v) is 3.06. The zero-order valence-corrected chi connectivity index (χ0v) is 14.7. The quantitative estimate of drug-likeness (QED) is 0.839. The second-order valence-corrected chi connectivity index (χ2v) is 5.55. The van der Waals surface area contributed by atoms with E-state index in [9.17, 15) is 14.4 Å². The van der Waals surface area contributed by atoms with Crippen molar-refractivity contribution in [3.8, 4) is 0 Å². The first-order chi connectivity index (χ1) is 11.0. The molecule has 6 heteroatoms. The van der Waals surface area contributed by atoms with Gasteiger partial charge in [0.2, 0.25) is 12.3 Å². The SMILES string of the molecule is CC.CCCC(C(=O)NC=O)N1Cc2cc(C)cc(Cl)c2C1=O. The molecule has 2 rings (SSSR count). The predicted molar refractivity (Wildman–Crippen MR) is 90.3 cm³/mol. The molecule has 0 saturated carbocycles. The Balaban J connectivity index is 0.00000127. The van der Waals surface area contributed by atoms with E-state index in [0.29, 0.717) is 30.0 Å². The second-order valence-electron chi connectivity index (χ2n) is 5.14. The van der Waals surface area contributed by atoms with Gasteiger partial charge in [-0.1, -0.05) is 44.9 Å². The van der Waals surface area contributed by atoms with Crippen LogP contribution in [0.5, 0.6) is 0 Å². The zero-order valence-electron chi connectivity index (χ0n) is 14.0. The molecular weight excluding hydrogens is 316 g/mol. The van der Waals surface area contributed by atoms with Gasteiger partial charge in [0.15, 0.2) is 0 Å². The smallest absolute Gasteiger partial charge is 0.256 e. The molecule has 23 heavy (non-hydrogen) atoms. The van der Waals surface area contributed by atoms with Crippen molar-refractivity contribution in [3.63, 3.8) is 0 Å². The molecule has 0 fully saturated rings. The van der Waals surface area contributed by atoms with E-state index in [1.807, 2.05) is 33.8 Å². The van der Waals surface area contributed by atoms with Gasteiger partial charge in [0.05, 0.1) is 10.6 Å². The maximum Gasteiger partial charge on any atom is 0.256 e. The molecule has 126 valence electrons. The van der Waals surface area contributed by atoms with Crippen LogP contribution in [0.2, 0.25) is 5.02 Å². The van der Waals surface area contributed by atoms with E-state index in [1.54, 1.807) is 6.07 Å². The standard InChI is InChI=1S/C15H17ClN2O3.C2H6/c1-3-4-12(14(20)17-8-19)18-7-10-5-9(2)6-11(16)13(10)15(18)21;1-2/h5-6,8,12H,3-4,7H2,1-2H3,(H,17,19,20);1-2H3. The number of rotatable bonds is 5. The van der Waals surface area contributed by atoms with E-state index in [2.05, 4.69) is 5.32 Å². The Morgan fingerprint density at radius 1 is 1.43 bits per heavy atom. The molecule has 1 aliphatic rings. The average molecular weight is 339 g/mol. The van der Waals surface area contributed by atoms with Gasteiger partial charge in [-0.25, -0.2) is 0 Å².